The predicted octanol–water partition coefficient (Wildman–Crippen LogP) is 5.26. The van der Waals surface area contributed by atoms with Gasteiger partial charge in [0.05, 0.1) is 19.3 Å². The van der Waals surface area contributed by atoms with Gasteiger partial charge >= 0.3 is 12.2 Å². The molecule has 4 heterocycles. The fraction of sp³-hybridized carbons (Fsp3) is 0.520. The van der Waals surface area contributed by atoms with Crippen molar-refractivity contribution in [2.75, 3.05) is 38.3 Å². The third kappa shape index (κ3) is 13.9. The van der Waals surface area contributed by atoms with Gasteiger partial charge in [-0.15, -0.1) is 0 Å². The van der Waals surface area contributed by atoms with Gasteiger partial charge in [0.15, 0.2) is 0 Å². The molecule has 378 valence electrons. The van der Waals surface area contributed by atoms with Crippen molar-refractivity contribution in [1.29, 1.82) is 0 Å². The summed E-state index contributed by atoms with van der Waals surface area (Å²) in [4.78, 5) is 74.1. The van der Waals surface area contributed by atoms with Gasteiger partial charge in [0, 0.05) is 72.2 Å². The monoisotopic (exact) mass is 1040 g/mol. The Kier molecular flexibility index (Phi) is 17.5. The molecule has 0 spiro atoms. The summed E-state index contributed by atoms with van der Waals surface area (Å²) in [5, 5.41) is 30.2. The summed E-state index contributed by atoms with van der Waals surface area (Å²) < 4.78 is 41.2. The molecule has 2 aromatic carbocycles. The lowest BCUT2D eigenvalue weighted by molar-refractivity contribution is -0.144. The number of carbonyl (C=O) groups excluding carboxylic acids is 4. The topological polar surface area (TPSA) is 215 Å². The number of piperazine rings is 1. The molecule has 3 aromatic rings. The molecule has 0 aliphatic carbocycles. The van der Waals surface area contributed by atoms with Crippen molar-refractivity contribution in [3.8, 4) is 11.8 Å². The Morgan fingerprint density at radius 3 is 2.03 bits per heavy atom. The van der Waals surface area contributed by atoms with Crippen LogP contribution in [-0.4, -0.2) is 131 Å². The van der Waals surface area contributed by atoms with E-state index >= 15 is 8.78 Å². The second-order valence-corrected chi connectivity index (χ2v) is 21.1. The van der Waals surface area contributed by atoms with E-state index in [0.29, 0.717) is 36.4 Å². The number of carboxylic acid groups (broad SMARTS) is 1. The Morgan fingerprint density at radius 1 is 0.886 bits per heavy atom. The van der Waals surface area contributed by atoms with Crippen LogP contribution < -0.4 is 26.3 Å². The van der Waals surface area contributed by atoms with Crippen LogP contribution >= 0.6 is 15.9 Å². The van der Waals surface area contributed by atoms with E-state index in [0.717, 1.165) is 55.8 Å². The summed E-state index contributed by atoms with van der Waals surface area (Å²) in [6.45, 7) is 10.9. The zero-order valence-electron chi connectivity index (χ0n) is 40.5. The number of amides is 5. The number of carbonyl (C=O) groups is 5. The highest BCUT2D eigenvalue weighted by Gasteiger charge is 2.45. The molecular formula is C50H63BrF2N8O9. The number of aromatic nitrogens is 1. The van der Waals surface area contributed by atoms with Crippen molar-refractivity contribution in [2.45, 2.75) is 123 Å². The number of nitrogens with one attached hydrogen (secondary N) is 4. The minimum atomic E-state index is -1.56. The van der Waals surface area contributed by atoms with Gasteiger partial charge in [-0.05, 0) is 84.9 Å². The number of hydrazine groups is 1. The maximum atomic E-state index is 15.3. The van der Waals surface area contributed by atoms with Crippen LogP contribution in [0.1, 0.15) is 89.5 Å². The van der Waals surface area contributed by atoms with Crippen LogP contribution in [0, 0.1) is 34.3 Å². The van der Waals surface area contributed by atoms with Crippen molar-refractivity contribution in [1.82, 2.24) is 36.3 Å². The zero-order valence-corrected chi connectivity index (χ0v) is 42.1. The highest BCUT2D eigenvalue weighted by atomic mass is 79.9. The molecule has 7 atom stereocenters. The number of fused-ring (bicyclic) bond motifs is 2. The Morgan fingerprint density at radius 2 is 1.49 bits per heavy atom. The van der Waals surface area contributed by atoms with Crippen LogP contribution in [0.2, 0.25) is 0 Å². The Balaban J connectivity index is 1.20. The molecule has 6 N–H and O–H groups in total. The van der Waals surface area contributed by atoms with Gasteiger partial charge in [-0.25, -0.2) is 28.4 Å². The number of hydrogen-bond donors (Lipinski definition) is 6. The first-order valence-electron chi connectivity index (χ1n) is 23.3. The van der Waals surface area contributed by atoms with Gasteiger partial charge in [-0.3, -0.25) is 19.8 Å². The van der Waals surface area contributed by atoms with Crippen molar-refractivity contribution in [2.24, 2.45) is 10.8 Å². The quantitative estimate of drug-likeness (QED) is 0.0851. The molecule has 6 rings (SSSR count). The maximum absolute atomic E-state index is 15.3. The largest absolute Gasteiger partial charge is 0.465 e. The molecule has 2 unspecified atom stereocenters. The minimum Gasteiger partial charge on any atom is -0.465 e. The number of nitrogens with zero attached hydrogens (tertiary/aromatic N) is 4. The second-order valence-electron chi connectivity index (χ2n) is 20.2. The van der Waals surface area contributed by atoms with Crippen molar-refractivity contribution >= 4 is 51.7 Å². The normalized spacial score (nSPS) is 19.6. The van der Waals surface area contributed by atoms with Crippen LogP contribution in [0.3, 0.4) is 0 Å². The molecule has 3 aliphatic rings. The second kappa shape index (κ2) is 22.9. The summed E-state index contributed by atoms with van der Waals surface area (Å²) in [5.41, 5.74) is 2.26. The van der Waals surface area contributed by atoms with E-state index in [1.54, 1.807) is 72.0 Å². The van der Waals surface area contributed by atoms with Crippen molar-refractivity contribution in [3.63, 3.8) is 0 Å². The van der Waals surface area contributed by atoms with Crippen LogP contribution in [0.4, 0.5) is 24.2 Å². The third-order valence-corrected chi connectivity index (χ3v) is 13.1. The van der Waals surface area contributed by atoms with E-state index in [4.69, 9.17) is 14.5 Å². The van der Waals surface area contributed by atoms with Crippen LogP contribution in [-0.2, 0) is 36.8 Å². The van der Waals surface area contributed by atoms with E-state index in [1.807, 2.05) is 17.0 Å². The highest BCUT2D eigenvalue weighted by molar-refractivity contribution is 9.10. The van der Waals surface area contributed by atoms with Gasteiger partial charge in [-0.1, -0.05) is 81.4 Å². The van der Waals surface area contributed by atoms with Gasteiger partial charge < -0.3 is 45.4 Å². The molecule has 3 aliphatic heterocycles. The number of aliphatic hydroxyl groups excluding tert-OH is 1. The SMILES string of the molecule is COC(=O)N[C@H](C(=O)N[C@@H](Cc1ccc(C#Cc2ccc(N3CC4CCC(C3)N4C(=O)[C@@H]3CCCO3)nc2)cc1)[C@@H](O)CN(Cc1c(F)cc(Br)cc1F)NC(=O)[C@@H](NC(=O)O)C(C)(C)C)C(C)(C)C. The first kappa shape index (κ1) is 53.5. The summed E-state index contributed by atoms with van der Waals surface area (Å²) in [5.74, 6) is 3.76. The fourth-order valence-electron chi connectivity index (χ4n) is 9.00. The molecule has 3 saturated heterocycles. The summed E-state index contributed by atoms with van der Waals surface area (Å²) >= 11 is 3.07. The Bertz CT molecular complexity index is 2400. The lowest BCUT2D eigenvalue weighted by Gasteiger charge is -2.42. The number of ether oxygens (including phenoxy) is 2. The molecule has 0 radical (unpaired) electrons. The molecular weight excluding hydrogens is 974 g/mol. The molecule has 5 amide bonds. The van der Waals surface area contributed by atoms with Gasteiger partial charge in [0.25, 0.3) is 11.8 Å². The first-order chi connectivity index (χ1) is 33.0. The van der Waals surface area contributed by atoms with Crippen molar-refractivity contribution < 1.29 is 52.4 Å². The minimum absolute atomic E-state index is 0.00639. The van der Waals surface area contributed by atoms with Crippen LogP contribution in [0.25, 0.3) is 0 Å². The fourth-order valence-corrected chi connectivity index (χ4v) is 9.40. The van der Waals surface area contributed by atoms with Crippen molar-refractivity contribution in [3.05, 3.63) is 93.1 Å². The summed E-state index contributed by atoms with van der Waals surface area (Å²) in [7, 11) is 1.15. The molecule has 1 aromatic heterocycles. The van der Waals surface area contributed by atoms with Crippen LogP contribution in [0.15, 0.2) is 59.2 Å². The van der Waals surface area contributed by atoms with Crippen LogP contribution in [0.5, 0.6) is 0 Å². The maximum Gasteiger partial charge on any atom is 0.407 e. The van der Waals surface area contributed by atoms with E-state index in [9.17, 15) is 34.2 Å². The van der Waals surface area contributed by atoms with Gasteiger partial charge in [0.2, 0.25) is 5.91 Å². The van der Waals surface area contributed by atoms with E-state index in [1.165, 1.54) is 0 Å². The zero-order chi connectivity index (χ0) is 51.1. The standard InChI is InChI=1S/C50H63BrF2N8O9/c1-49(2,3)42(57-48(68)69-7)44(63)55-38(39(62)28-60(27-35-36(52)22-32(51)23-37(35)53)58-45(64)43(50(4,5)6)56-47(66)67)21-30-13-10-29(11-14-30)12-15-31-16-19-41(54-24-31)59-25-33-17-18-34(26-59)61(33)46(65)40-9-8-20-70-40/h10-11,13-14,16,19,22-24,33-34,38-40,42-43,56,62H,8-9,17-18,20-21,25-28H2,1-7H3,(H,55,63)(H,57,68)(H,58,64)(H,66,67)/t33?,34?,38-,39-,40-,42+,43+/m0/s1. The summed E-state index contributed by atoms with van der Waals surface area (Å²) in [6.07, 6.45) is 1.07. The molecule has 17 nitrogen and oxygen atoms in total. The Labute approximate surface area is 415 Å². The van der Waals surface area contributed by atoms with Gasteiger partial charge in [0.1, 0.15) is 35.6 Å². The molecule has 0 saturated carbocycles. The molecule has 3 fully saturated rings. The van der Waals surface area contributed by atoms with E-state index in [-0.39, 0.29) is 35.0 Å². The molecule has 20 heteroatoms. The number of benzene rings is 2. The number of aliphatic hydroxyl groups is 1. The Hall–Kier alpha value is -5.88. The van der Waals surface area contributed by atoms with E-state index in [2.05, 4.69) is 54.0 Å². The molecule has 70 heavy (non-hydrogen) atoms. The average Bonchev–Trinajstić information content (AvgIpc) is 3.93. The first-order valence-corrected chi connectivity index (χ1v) is 24.1. The number of methoxy groups -OCH3 is 1. The third-order valence-electron chi connectivity index (χ3n) is 12.7. The predicted molar refractivity (Wildman–Crippen MR) is 259 cm³/mol. The number of hydrogen-bond acceptors (Lipinski definition) is 11. The number of alkyl carbamates (subject to hydrolysis) is 1. The summed E-state index contributed by atoms with van der Waals surface area (Å²) in [6, 6.07) is 9.59. The number of rotatable bonds is 15. The average molecular weight is 1040 g/mol. The number of pyridine rings is 1. The number of halogens is 3. The van der Waals surface area contributed by atoms with E-state index < -0.39 is 89.3 Å². The molecule has 2 bridgehead atoms. The number of anilines is 1. The lowest BCUT2D eigenvalue weighted by Crippen LogP contribution is -2.60. The van der Waals surface area contributed by atoms with Gasteiger partial charge in [-0.2, -0.15) is 0 Å². The lowest BCUT2D eigenvalue weighted by atomic mass is 9.85. The smallest absolute Gasteiger partial charge is 0.407 e. The highest BCUT2D eigenvalue weighted by Crippen LogP contribution is 2.34.